The summed E-state index contributed by atoms with van der Waals surface area (Å²) < 4.78 is 10.5. The first kappa shape index (κ1) is 17.1. The summed E-state index contributed by atoms with van der Waals surface area (Å²) in [6, 6.07) is 3.89. The van der Waals surface area contributed by atoms with E-state index < -0.39 is 0 Å². The summed E-state index contributed by atoms with van der Waals surface area (Å²) in [6.45, 7) is 9.97. The fourth-order valence-corrected chi connectivity index (χ4v) is 1.95. The van der Waals surface area contributed by atoms with Crippen molar-refractivity contribution in [3.63, 3.8) is 0 Å². The molecule has 7 nitrogen and oxygen atoms in total. The molecule has 2 heterocycles. The molecule has 0 aromatic carbocycles. The maximum atomic E-state index is 5.29. The highest BCUT2D eigenvalue weighted by atomic mass is 16.5. The van der Waals surface area contributed by atoms with Gasteiger partial charge in [0.15, 0.2) is 17.5 Å². The van der Waals surface area contributed by atoms with Crippen molar-refractivity contribution in [1.82, 2.24) is 20.9 Å². The molecule has 0 saturated heterocycles. The van der Waals surface area contributed by atoms with Crippen molar-refractivity contribution in [2.45, 2.75) is 53.1 Å². The summed E-state index contributed by atoms with van der Waals surface area (Å²) >= 11 is 0. The van der Waals surface area contributed by atoms with Crippen molar-refractivity contribution < 1.29 is 9.05 Å². The van der Waals surface area contributed by atoms with Gasteiger partial charge in [0.25, 0.3) is 0 Å². The maximum absolute atomic E-state index is 5.29. The van der Waals surface area contributed by atoms with Crippen molar-refractivity contribution in [3.05, 3.63) is 35.0 Å². The molecule has 7 heteroatoms. The third-order valence-corrected chi connectivity index (χ3v) is 3.31. The number of hydrogen-bond donors (Lipinski definition) is 2. The topological polar surface area (TPSA) is 88.5 Å². The zero-order valence-electron chi connectivity index (χ0n) is 14.2. The van der Waals surface area contributed by atoms with Gasteiger partial charge in [-0.2, -0.15) is 0 Å². The van der Waals surface area contributed by atoms with Crippen LogP contribution in [0.4, 0.5) is 0 Å². The van der Waals surface area contributed by atoms with Gasteiger partial charge in [-0.3, -0.25) is 0 Å². The fourth-order valence-electron chi connectivity index (χ4n) is 1.95. The molecule has 126 valence electrons. The van der Waals surface area contributed by atoms with Crippen molar-refractivity contribution in [3.8, 4) is 0 Å². The Balaban J connectivity index is 1.93. The number of rotatable bonds is 7. The molecule has 0 aliphatic rings. The fraction of sp³-hybridized carbons (Fsp3) is 0.562. The number of aliphatic imine (C=N–C) groups is 1. The van der Waals surface area contributed by atoms with Crippen LogP contribution in [0.3, 0.4) is 0 Å². The first-order valence-electron chi connectivity index (χ1n) is 8.04. The molecule has 0 bridgehead atoms. The third kappa shape index (κ3) is 5.12. The summed E-state index contributed by atoms with van der Waals surface area (Å²) in [5.74, 6) is 2.58. The van der Waals surface area contributed by atoms with E-state index >= 15 is 0 Å². The molecule has 0 saturated carbocycles. The molecule has 0 aliphatic carbocycles. The van der Waals surface area contributed by atoms with Crippen LogP contribution in [0.15, 0.2) is 26.2 Å². The van der Waals surface area contributed by atoms with Crippen molar-refractivity contribution in [2.75, 3.05) is 6.54 Å². The van der Waals surface area contributed by atoms with Crippen LogP contribution in [0.2, 0.25) is 0 Å². The normalized spacial score (nSPS) is 12.0. The zero-order valence-corrected chi connectivity index (χ0v) is 14.2. The number of aromatic nitrogens is 2. The molecule has 0 unspecified atom stereocenters. The van der Waals surface area contributed by atoms with Crippen molar-refractivity contribution in [2.24, 2.45) is 4.99 Å². The number of nitrogens with one attached hydrogen (secondary N) is 2. The average molecular weight is 319 g/mol. The molecule has 0 amide bonds. The molecule has 0 fully saturated rings. The minimum atomic E-state index is 0.349. The van der Waals surface area contributed by atoms with E-state index in [4.69, 9.17) is 9.05 Å². The standard InChI is InChI=1S/C16H25N5O2/c1-5-12-7-13(22-20-12)9-18-16(17-6-2)19-10-14-8-15(11(3)4)21-23-14/h7-8,11H,5-6,9-10H2,1-4H3,(H2,17,18,19). The quantitative estimate of drug-likeness (QED) is 0.602. The Morgan fingerprint density at radius 2 is 1.91 bits per heavy atom. The molecule has 0 radical (unpaired) electrons. The molecule has 2 rings (SSSR count). The molecular formula is C16H25N5O2. The van der Waals surface area contributed by atoms with E-state index in [1.807, 2.05) is 26.0 Å². The molecule has 2 aromatic rings. The Morgan fingerprint density at radius 1 is 1.13 bits per heavy atom. The Kier molecular flexibility index (Phi) is 6.19. The van der Waals surface area contributed by atoms with Gasteiger partial charge >= 0.3 is 0 Å². The van der Waals surface area contributed by atoms with E-state index in [-0.39, 0.29) is 0 Å². The molecule has 0 atom stereocenters. The molecular weight excluding hydrogens is 294 g/mol. The first-order chi connectivity index (χ1) is 11.1. The predicted octanol–water partition coefficient (Wildman–Crippen LogP) is 2.60. The molecule has 2 N–H and O–H groups in total. The summed E-state index contributed by atoms with van der Waals surface area (Å²) in [4.78, 5) is 4.50. The zero-order chi connectivity index (χ0) is 16.7. The Hall–Kier alpha value is -2.31. The highest BCUT2D eigenvalue weighted by molar-refractivity contribution is 5.79. The van der Waals surface area contributed by atoms with Crippen LogP contribution in [-0.2, 0) is 19.5 Å². The van der Waals surface area contributed by atoms with Crippen molar-refractivity contribution in [1.29, 1.82) is 0 Å². The van der Waals surface area contributed by atoms with E-state index in [1.165, 1.54) is 0 Å². The maximum Gasteiger partial charge on any atom is 0.192 e. The van der Waals surface area contributed by atoms with E-state index in [2.05, 4.69) is 39.8 Å². The lowest BCUT2D eigenvalue weighted by molar-refractivity contribution is 0.373. The van der Waals surface area contributed by atoms with Gasteiger partial charge in [0, 0.05) is 18.7 Å². The van der Waals surface area contributed by atoms with E-state index in [9.17, 15) is 0 Å². The van der Waals surface area contributed by atoms with Crippen molar-refractivity contribution >= 4 is 5.96 Å². The Morgan fingerprint density at radius 3 is 2.52 bits per heavy atom. The van der Waals surface area contributed by atoms with Crippen LogP contribution in [0.25, 0.3) is 0 Å². The van der Waals surface area contributed by atoms with E-state index in [0.717, 1.165) is 35.9 Å². The van der Waals surface area contributed by atoms with Gasteiger partial charge in [-0.25, -0.2) is 4.99 Å². The number of aryl methyl sites for hydroxylation is 1. The van der Waals surface area contributed by atoms with E-state index in [0.29, 0.717) is 25.0 Å². The highest BCUT2D eigenvalue weighted by Gasteiger charge is 2.08. The highest BCUT2D eigenvalue weighted by Crippen LogP contribution is 2.14. The van der Waals surface area contributed by atoms with Gasteiger partial charge in [0.2, 0.25) is 0 Å². The molecule has 23 heavy (non-hydrogen) atoms. The average Bonchev–Trinajstić information content (AvgIpc) is 3.19. The largest absolute Gasteiger partial charge is 0.359 e. The Bertz CT molecular complexity index is 630. The van der Waals surface area contributed by atoms with Gasteiger partial charge in [0.1, 0.15) is 6.54 Å². The number of nitrogens with zero attached hydrogens (tertiary/aromatic N) is 3. The number of guanidine groups is 1. The van der Waals surface area contributed by atoms with E-state index in [1.54, 1.807) is 0 Å². The first-order valence-corrected chi connectivity index (χ1v) is 8.04. The summed E-state index contributed by atoms with van der Waals surface area (Å²) in [6.07, 6.45) is 0.862. The smallest absolute Gasteiger partial charge is 0.192 e. The lowest BCUT2D eigenvalue weighted by atomic mass is 10.1. The van der Waals surface area contributed by atoms with Gasteiger partial charge in [-0.15, -0.1) is 0 Å². The van der Waals surface area contributed by atoms with Crippen LogP contribution >= 0.6 is 0 Å². The van der Waals surface area contributed by atoms with Crippen LogP contribution in [0.5, 0.6) is 0 Å². The monoisotopic (exact) mass is 319 g/mol. The lowest BCUT2D eigenvalue weighted by Gasteiger charge is -2.09. The minimum absolute atomic E-state index is 0.349. The van der Waals surface area contributed by atoms with Gasteiger partial charge in [-0.1, -0.05) is 31.1 Å². The molecule has 0 spiro atoms. The predicted molar refractivity (Wildman–Crippen MR) is 88.1 cm³/mol. The van der Waals surface area contributed by atoms with Crippen LogP contribution in [0, 0.1) is 0 Å². The lowest BCUT2D eigenvalue weighted by Crippen LogP contribution is -2.36. The third-order valence-electron chi connectivity index (χ3n) is 3.31. The second kappa shape index (κ2) is 8.36. The summed E-state index contributed by atoms with van der Waals surface area (Å²) in [5.41, 5.74) is 1.90. The summed E-state index contributed by atoms with van der Waals surface area (Å²) in [5, 5.41) is 14.4. The Labute approximate surface area is 136 Å². The van der Waals surface area contributed by atoms with Gasteiger partial charge < -0.3 is 19.7 Å². The SMILES string of the molecule is CCNC(=NCc1cc(C(C)C)no1)NCc1cc(CC)no1. The minimum Gasteiger partial charge on any atom is -0.359 e. The van der Waals surface area contributed by atoms with Crippen LogP contribution in [0.1, 0.15) is 56.5 Å². The molecule has 0 aliphatic heterocycles. The van der Waals surface area contributed by atoms with Gasteiger partial charge in [0.05, 0.1) is 17.9 Å². The second-order valence-corrected chi connectivity index (χ2v) is 5.56. The number of hydrogen-bond acceptors (Lipinski definition) is 5. The summed E-state index contributed by atoms with van der Waals surface area (Å²) in [7, 11) is 0. The molecule has 2 aromatic heterocycles. The van der Waals surface area contributed by atoms with Crippen LogP contribution in [-0.4, -0.2) is 22.8 Å². The van der Waals surface area contributed by atoms with Gasteiger partial charge in [-0.05, 0) is 19.3 Å². The second-order valence-electron chi connectivity index (χ2n) is 5.56. The van der Waals surface area contributed by atoms with Crippen LogP contribution < -0.4 is 10.6 Å².